The van der Waals surface area contributed by atoms with Crippen LogP contribution in [0.25, 0.3) is 0 Å². The van der Waals surface area contributed by atoms with Crippen molar-refractivity contribution in [3.05, 3.63) is 126 Å². The first-order valence-corrected chi connectivity index (χ1v) is 17.2. The fourth-order valence-corrected chi connectivity index (χ4v) is 13.1. The van der Waals surface area contributed by atoms with Crippen molar-refractivity contribution >= 4 is 28.5 Å². The maximum atomic E-state index is 14.0. The topological polar surface area (TPSA) is 46.6 Å². The summed E-state index contributed by atoms with van der Waals surface area (Å²) in [7, 11) is -6.25. The van der Waals surface area contributed by atoms with Gasteiger partial charge in [-0.25, -0.2) is 8.42 Å². The third kappa shape index (κ3) is 5.26. The second kappa shape index (κ2) is 10.9. The van der Waals surface area contributed by atoms with Crippen LogP contribution in [0.1, 0.15) is 38.1 Å². The minimum Gasteiger partial charge on any atom is -0.353 e. The molecule has 0 amide bonds. The van der Waals surface area contributed by atoms with Crippen molar-refractivity contribution in [2.75, 3.05) is 6.54 Å². The molecule has 1 fully saturated rings. The monoisotopic (exact) mass is 555 g/mol. The summed E-state index contributed by atoms with van der Waals surface area (Å²) in [6.45, 7) is 9.24. The lowest BCUT2D eigenvalue weighted by molar-refractivity contribution is 0.0283. The number of hydrogen-bond acceptors (Lipinski definition) is 3. The molecule has 1 heterocycles. The summed E-state index contributed by atoms with van der Waals surface area (Å²) in [6, 6.07) is 39.1. The van der Waals surface area contributed by atoms with E-state index in [0.717, 1.165) is 17.2 Å². The molecule has 0 saturated carbocycles. The summed E-state index contributed by atoms with van der Waals surface area (Å²) >= 11 is 0. The van der Waals surface area contributed by atoms with Crippen molar-refractivity contribution in [3.8, 4) is 0 Å². The second-order valence-corrected chi connectivity index (χ2v) is 18.3. The zero-order chi connectivity index (χ0) is 27.7. The molecule has 202 valence electrons. The van der Waals surface area contributed by atoms with Gasteiger partial charge in [-0.3, -0.25) is 0 Å². The molecule has 1 aliphatic rings. The van der Waals surface area contributed by atoms with Crippen LogP contribution in [-0.2, 0) is 14.8 Å². The van der Waals surface area contributed by atoms with Crippen LogP contribution >= 0.6 is 0 Å². The van der Waals surface area contributed by atoms with Gasteiger partial charge in [-0.15, -0.1) is 0 Å². The third-order valence-electron chi connectivity index (χ3n) is 8.03. The molecule has 4 aromatic rings. The van der Waals surface area contributed by atoms with E-state index in [2.05, 4.69) is 81.4 Å². The molecule has 1 aliphatic heterocycles. The third-order valence-corrected chi connectivity index (χ3v) is 16.1. The minimum atomic E-state index is -3.78. The number of nitrogens with zero attached hydrogens (tertiary/aromatic N) is 1. The summed E-state index contributed by atoms with van der Waals surface area (Å²) in [4.78, 5) is 0.295. The molecular weight excluding hydrogens is 519 g/mol. The summed E-state index contributed by atoms with van der Waals surface area (Å²) in [6.07, 6.45) is -0.942. The predicted molar refractivity (Wildman–Crippen MR) is 162 cm³/mol. The van der Waals surface area contributed by atoms with Crippen LogP contribution in [0, 0.1) is 6.92 Å². The molecule has 4 nitrogen and oxygen atoms in total. The summed E-state index contributed by atoms with van der Waals surface area (Å²) in [5.41, 5.74) is 1.87. The molecule has 1 saturated heterocycles. The Hall–Kier alpha value is -3.03. The highest BCUT2D eigenvalue weighted by molar-refractivity contribution is 7.89. The maximum absolute atomic E-state index is 14.0. The smallest absolute Gasteiger partial charge is 0.245 e. The van der Waals surface area contributed by atoms with Gasteiger partial charge < -0.3 is 4.74 Å². The van der Waals surface area contributed by atoms with E-state index in [4.69, 9.17) is 4.74 Å². The van der Waals surface area contributed by atoms with Crippen molar-refractivity contribution in [3.63, 3.8) is 0 Å². The highest BCUT2D eigenvalue weighted by Crippen LogP contribution is 2.43. The Kier molecular flexibility index (Phi) is 7.66. The van der Waals surface area contributed by atoms with E-state index < -0.39 is 24.3 Å². The largest absolute Gasteiger partial charge is 0.353 e. The van der Waals surface area contributed by atoms with Crippen LogP contribution in [0.15, 0.2) is 120 Å². The molecule has 0 aromatic heterocycles. The minimum absolute atomic E-state index is 0.0510. The molecule has 0 bridgehead atoms. The van der Waals surface area contributed by atoms with Crippen LogP contribution in [0.5, 0.6) is 0 Å². The number of ether oxygens (including phenoxy) is 1. The second-order valence-electron chi connectivity index (χ2n) is 11.5. The van der Waals surface area contributed by atoms with E-state index in [1.165, 1.54) is 10.4 Å². The molecule has 2 atom stereocenters. The van der Waals surface area contributed by atoms with Crippen LogP contribution in [-0.4, -0.2) is 33.4 Å². The Bertz CT molecular complexity index is 1450. The van der Waals surface area contributed by atoms with E-state index in [1.54, 1.807) is 16.4 Å². The number of hydrogen-bond donors (Lipinski definition) is 0. The van der Waals surface area contributed by atoms with Gasteiger partial charge in [0.1, 0.15) is 8.07 Å². The fourth-order valence-electron chi connectivity index (χ4n) is 6.00. The van der Waals surface area contributed by atoms with E-state index >= 15 is 0 Å². The molecule has 0 N–H and O–H groups in total. The zero-order valence-electron chi connectivity index (χ0n) is 23.1. The SMILES string of the molecule is Cc1ccc(S(=O)(=O)N2CC(C[Si](c3ccccc3)(c3ccccc3)C(C)(C)C)OC2c2ccccc2)cc1. The van der Waals surface area contributed by atoms with Gasteiger partial charge in [0.15, 0.2) is 6.23 Å². The van der Waals surface area contributed by atoms with Crippen molar-refractivity contribution in [1.29, 1.82) is 0 Å². The Balaban J connectivity index is 1.60. The average Bonchev–Trinajstić information content (AvgIpc) is 3.38. The first kappa shape index (κ1) is 27.5. The lowest BCUT2D eigenvalue weighted by Crippen LogP contribution is -2.65. The Morgan fingerprint density at radius 3 is 1.74 bits per heavy atom. The Morgan fingerprint density at radius 1 is 0.769 bits per heavy atom. The van der Waals surface area contributed by atoms with E-state index in [9.17, 15) is 8.42 Å². The maximum Gasteiger partial charge on any atom is 0.245 e. The highest BCUT2D eigenvalue weighted by Gasteiger charge is 2.52. The van der Waals surface area contributed by atoms with Gasteiger partial charge in [0.2, 0.25) is 10.0 Å². The number of sulfonamides is 1. The van der Waals surface area contributed by atoms with Gasteiger partial charge in [-0.1, -0.05) is 140 Å². The van der Waals surface area contributed by atoms with Gasteiger partial charge in [0.05, 0.1) is 11.0 Å². The lowest BCUT2D eigenvalue weighted by Gasteiger charge is -2.45. The summed E-state index contributed by atoms with van der Waals surface area (Å²) in [5.74, 6) is 0. The van der Waals surface area contributed by atoms with E-state index in [1.807, 2.05) is 49.4 Å². The quantitative estimate of drug-likeness (QED) is 0.257. The molecule has 6 heteroatoms. The molecule has 4 aromatic carbocycles. The standard InChI is InChI=1S/C33H37NO3SSi/c1-26-20-22-29(23-21-26)38(35,36)34-24-28(37-32(34)27-14-8-5-9-15-27)25-39(33(2,3)4,30-16-10-6-11-17-30)31-18-12-7-13-19-31/h5-23,28,32H,24-25H2,1-4H3. The van der Waals surface area contributed by atoms with Gasteiger partial charge in [-0.2, -0.15) is 4.31 Å². The molecule has 0 aliphatic carbocycles. The Morgan fingerprint density at radius 2 is 1.26 bits per heavy atom. The normalized spacial score (nSPS) is 18.8. The fraction of sp³-hybridized carbons (Fsp3) is 0.273. The predicted octanol–water partition coefficient (Wildman–Crippen LogP) is 6.15. The molecule has 0 spiro atoms. The van der Waals surface area contributed by atoms with Crippen molar-refractivity contribution in [1.82, 2.24) is 4.31 Å². The molecule has 5 rings (SSSR count). The van der Waals surface area contributed by atoms with Crippen molar-refractivity contribution < 1.29 is 13.2 Å². The van der Waals surface area contributed by atoms with E-state index in [0.29, 0.717) is 11.4 Å². The van der Waals surface area contributed by atoms with Crippen LogP contribution in [0.3, 0.4) is 0 Å². The zero-order valence-corrected chi connectivity index (χ0v) is 24.9. The van der Waals surface area contributed by atoms with E-state index in [-0.39, 0.29) is 11.1 Å². The van der Waals surface area contributed by atoms with Gasteiger partial charge in [0, 0.05) is 6.54 Å². The molecular formula is C33H37NO3SSi. The first-order chi connectivity index (χ1) is 18.6. The van der Waals surface area contributed by atoms with Crippen molar-refractivity contribution in [2.45, 2.75) is 56.0 Å². The molecule has 39 heavy (non-hydrogen) atoms. The summed E-state index contributed by atoms with van der Waals surface area (Å²) < 4.78 is 36.4. The van der Waals surface area contributed by atoms with Crippen LogP contribution < -0.4 is 10.4 Å². The Labute approximate surface area is 234 Å². The van der Waals surface area contributed by atoms with Crippen LogP contribution in [0.4, 0.5) is 0 Å². The van der Waals surface area contributed by atoms with Crippen molar-refractivity contribution in [2.24, 2.45) is 0 Å². The van der Waals surface area contributed by atoms with Gasteiger partial charge in [-0.05, 0) is 35.7 Å². The van der Waals surface area contributed by atoms with Gasteiger partial charge in [0.25, 0.3) is 0 Å². The number of benzene rings is 4. The van der Waals surface area contributed by atoms with Crippen LogP contribution in [0.2, 0.25) is 11.1 Å². The molecule has 2 unspecified atom stereocenters. The van der Waals surface area contributed by atoms with Gasteiger partial charge >= 0.3 is 0 Å². The summed E-state index contributed by atoms with van der Waals surface area (Å²) in [5, 5.41) is 2.62. The first-order valence-electron chi connectivity index (χ1n) is 13.5. The average molecular weight is 556 g/mol. The highest BCUT2D eigenvalue weighted by atomic mass is 32.2. The lowest BCUT2D eigenvalue weighted by atomic mass is 10.2. The number of aryl methyl sites for hydroxylation is 1. The molecule has 0 radical (unpaired) electrons. The number of rotatable bonds is 7.